The van der Waals surface area contributed by atoms with Crippen LogP contribution in [0.5, 0.6) is 0 Å². The summed E-state index contributed by atoms with van der Waals surface area (Å²) in [5.74, 6) is 1.19. The summed E-state index contributed by atoms with van der Waals surface area (Å²) in [6.45, 7) is 0. The first kappa shape index (κ1) is 12.0. The number of rotatable bonds is 2. The number of nitrogens with one attached hydrogen (secondary N) is 1. The number of fused-ring (bicyclic) bond motifs is 1. The molecule has 0 unspecified atom stereocenters. The number of hydrogen-bond donors (Lipinski definition) is 1. The molecule has 0 fully saturated rings. The van der Waals surface area contributed by atoms with E-state index in [2.05, 4.69) is 25.1 Å². The highest BCUT2D eigenvalue weighted by atomic mass is 35.5. The summed E-state index contributed by atoms with van der Waals surface area (Å²) in [5, 5.41) is 8.34. The highest BCUT2D eigenvalue weighted by molar-refractivity contribution is 6.31. The van der Waals surface area contributed by atoms with E-state index in [-0.39, 0.29) is 0 Å². The van der Waals surface area contributed by atoms with Gasteiger partial charge in [0.15, 0.2) is 17.2 Å². The zero-order chi connectivity index (χ0) is 14.2. The number of hydrogen-bond acceptors (Lipinski definition) is 5. The summed E-state index contributed by atoms with van der Waals surface area (Å²) < 4.78 is 5.35. The van der Waals surface area contributed by atoms with Crippen molar-refractivity contribution in [3.63, 3.8) is 0 Å². The lowest BCUT2D eigenvalue weighted by atomic mass is 10.2. The van der Waals surface area contributed by atoms with Crippen LogP contribution in [0.2, 0.25) is 5.02 Å². The van der Waals surface area contributed by atoms with Crippen LogP contribution >= 0.6 is 11.6 Å². The third-order valence-corrected chi connectivity index (χ3v) is 3.24. The monoisotopic (exact) mass is 297 g/mol. The number of aromatic nitrogens is 5. The Balaban J connectivity index is 1.89. The molecule has 0 radical (unpaired) electrons. The van der Waals surface area contributed by atoms with Gasteiger partial charge in [-0.1, -0.05) is 11.6 Å². The van der Waals surface area contributed by atoms with E-state index in [1.54, 1.807) is 30.8 Å². The van der Waals surface area contributed by atoms with E-state index < -0.39 is 0 Å². The van der Waals surface area contributed by atoms with E-state index >= 15 is 0 Å². The van der Waals surface area contributed by atoms with Crippen LogP contribution in [0.1, 0.15) is 0 Å². The molecular formula is C14H8ClN5O. The van der Waals surface area contributed by atoms with Gasteiger partial charge < -0.3 is 4.42 Å². The van der Waals surface area contributed by atoms with Crippen LogP contribution in [0.4, 0.5) is 0 Å². The molecule has 0 saturated heterocycles. The normalized spacial score (nSPS) is 11.1. The fourth-order valence-corrected chi connectivity index (χ4v) is 2.24. The third kappa shape index (κ3) is 2.05. The molecule has 4 heterocycles. The molecule has 21 heavy (non-hydrogen) atoms. The van der Waals surface area contributed by atoms with Gasteiger partial charge in [0.25, 0.3) is 0 Å². The Kier molecular flexibility index (Phi) is 2.68. The molecule has 0 spiro atoms. The molecular weight excluding hydrogens is 290 g/mol. The molecule has 7 heteroatoms. The summed E-state index contributed by atoms with van der Waals surface area (Å²) in [4.78, 5) is 12.9. The van der Waals surface area contributed by atoms with Crippen molar-refractivity contribution in [2.75, 3.05) is 0 Å². The first-order chi connectivity index (χ1) is 10.3. The number of H-pyrrole nitrogens is 1. The van der Waals surface area contributed by atoms with Gasteiger partial charge in [-0.2, -0.15) is 5.10 Å². The molecule has 0 aliphatic carbocycles. The topological polar surface area (TPSA) is 80.5 Å². The molecule has 4 aromatic heterocycles. The van der Waals surface area contributed by atoms with Gasteiger partial charge in [-0.25, -0.2) is 15.0 Å². The second-order valence-electron chi connectivity index (χ2n) is 4.37. The van der Waals surface area contributed by atoms with Crippen molar-refractivity contribution in [1.82, 2.24) is 25.1 Å². The van der Waals surface area contributed by atoms with Crippen molar-refractivity contribution in [2.45, 2.75) is 0 Å². The van der Waals surface area contributed by atoms with Crippen molar-refractivity contribution < 1.29 is 4.42 Å². The minimum Gasteiger partial charge on any atom is -0.463 e. The lowest BCUT2D eigenvalue weighted by Crippen LogP contribution is -1.91. The van der Waals surface area contributed by atoms with Gasteiger partial charge in [0, 0.05) is 12.4 Å². The molecule has 0 saturated carbocycles. The van der Waals surface area contributed by atoms with Crippen LogP contribution in [-0.4, -0.2) is 25.1 Å². The molecule has 1 N–H and O–H groups in total. The van der Waals surface area contributed by atoms with Crippen LogP contribution in [0.25, 0.3) is 34.0 Å². The smallest absolute Gasteiger partial charge is 0.181 e. The molecule has 0 aliphatic heterocycles. The first-order valence-electron chi connectivity index (χ1n) is 6.18. The lowest BCUT2D eigenvalue weighted by molar-refractivity contribution is 0.580. The number of nitrogens with zero attached hydrogens (tertiary/aromatic N) is 4. The minimum absolute atomic E-state index is 0.510. The van der Waals surface area contributed by atoms with Gasteiger partial charge in [-0.3, -0.25) is 5.10 Å². The molecule has 0 aromatic carbocycles. The highest BCUT2D eigenvalue weighted by Crippen LogP contribution is 2.26. The summed E-state index contributed by atoms with van der Waals surface area (Å²) in [7, 11) is 0. The van der Waals surface area contributed by atoms with E-state index in [0.29, 0.717) is 33.6 Å². The molecule has 6 nitrogen and oxygen atoms in total. The second-order valence-corrected chi connectivity index (χ2v) is 4.80. The fraction of sp³-hybridized carbons (Fsp3) is 0. The Labute approximate surface area is 123 Å². The average Bonchev–Trinajstić information content (AvgIpc) is 3.16. The maximum absolute atomic E-state index is 5.99. The summed E-state index contributed by atoms with van der Waals surface area (Å²) >= 11 is 5.99. The van der Waals surface area contributed by atoms with Crippen molar-refractivity contribution >= 4 is 22.6 Å². The van der Waals surface area contributed by atoms with Crippen LogP contribution in [0, 0.1) is 0 Å². The van der Waals surface area contributed by atoms with E-state index in [4.69, 9.17) is 16.0 Å². The second kappa shape index (κ2) is 4.68. The molecule has 0 amide bonds. The fourth-order valence-electron chi connectivity index (χ4n) is 2.09. The van der Waals surface area contributed by atoms with Crippen molar-refractivity contribution in [3.05, 3.63) is 47.9 Å². The predicted octanol–water partition coefficient (Wildman–Crippen LogP) is 3.33. The Morgan fingerprint density at radius 2 is 2.14 bits per heavy atom. The van der Waals surface area contributed by atoms with Crippen LogP contribution in [0.3, 0.4) is 0 Å². The summed E-state index contributed by atoms with van der Waals surface area (Å²) in [6.07, 6.45) is 4.83. The Hall–Kier alpha value is -2.73. The maximum atomic E-state index is 5.99. The third-order valence-electron chi connectivity index (χ3n) is 3.03. The Bertz CT molecular complexity index is 916. The van der Waals surface area contributed by atoms with Gasteiger partial charge in [0.1, 0.15) is 11.4 Å². The predicted molar refractivity (Wildman–Crippen MR) is 77.6 cm³/mol. The van der Waals surface area contributed by atoms with Crippen molar-refractivity contribution in [2.24, 2.45) is 0 Å². The van der Waals surface area contributed by atoms with E-state index in [1.165, 1.54) is 0 Å². The number of halogens is 1. The standard InChI is InChI=1S/C14H8ClN5O/c15-8-6-9-12(19-20-13(9)17-7-8)14-16-4-3-10(18-14)11-2-1-5-21-11/h1-7H,(H,17,19,20). The molecule has 4 rings (SSSR count). The summed E-state index contributed by atoms with van der Waals surface area (Å²) in [6, 6.07) is 7.22. The molecule has 4 aromatic rings. The molecule has 0 bridgehead atoms. The first-order valence-corrected chi connectivity index (χ1v) is 6.56. The van der Waals surface area contributed by atoms with Gasteiger partial charge in [0.2, 0.25) is 0 Å². The van der Waals surface area contributed by atoms with Crippen LogP contribution < -0.4 is 0 Å². The lowest BCUT2D eigenvalue weighted by Gasteiger charge is -2.00. The zero-order valence-corrected chi connectivity index (χ0v) is 11.4. The van der Waals surface area contributed by atoms with Gasteiger partial charge in [-0.15, -0.1) is 0 Å². The van der Waals surface area contributed by atoms with E-state index in [9.17, 15) is 0 Å². The Morgan fingerprint density at radius 1 is 1.19 bits per heavy atom. The Morgan fingerprint density at radius 3 is 3.00 bits per heavy atom. The quantitative estimate of drug-likeness (QED) is 0.614. The van der Waals surface area contributed by atoms with E-state index in [1.807, 2.05) is 12.1 Å². The van der Waals surface area contributed by atoms with Gasteiger partial charge >= 0.3 is 0 Å². The highest BCUT2D eigenvalue weighted by Gasteiger charge is 2.13. The number of furan rings is 1. The number of pyridine rings is 1. The average molecular weight is 298 g/mol. The van der Waals surface area contributed by atoms with Crippen LogP contribution in [-0.2, 0) is 0 Å². The SMILES string of the molecule is Clc1cnc2n[nH]c(-c3nccc(-c4ccco4)n3)c2c1. The molecule has 0 aliphatic rings. The van der Waals surface area contributed by atoms with Gasteiger partial charge in [0.05, 0.1) is 16.7 Å². The van der Waals surface area contributed by atoms with Crippen molar-refractivity contribution in [3.8, 4) is 23.0 Å². The summed E-state index contributed by atoms with van der Waals surface area (Å²) in [5.41, 5.74) is 1.94. The van der Waals surface area contributed by atoms with Crippen molar-refractivity contribution in [1.29, 1.82) is 0 Å². The minimum atomic E-state index is 0.510. The number of aromatic amines is 1. The molecule has 102 valence electrons. The van der Waals surface area contributed by atoms with Crippen LogP contribution in [0.15, 0.2) is 47.3 Å². The van der Waals surface area contributed by atoms with E-state index in [0.717, 1.165) is 5.39 Å². The molecule has 0 atom stereocenters. The zero-order valence-electron chi connectivity index (χ0n) is 10.6. The maximum Gasteiger partial charge on any atom is 0.181 e. The largest absolute Gasteiger partial charge is 0.463 e. The van der Waals surface area contributed by atoms with Gasteiger partial charge in [-0.05, 0) is 24.3 Å².